The molecule has 0 unspecified atom stereocenters. The van der Waals surface area contributed by atoms with Crippen molar-refractivity contribution in [1.29, 1.82) is 0 Å². The van der Waals surface area contributed by atoms with Gasteiger partial charge in [0.15, 0.2) is 0 Å². The minimum atomic E-state index is 0.917. The van der Waals surface area contributed by atoms with E-state index in [0.29, 0.717) is 0 Å². The average molecular weight is 292 g/mol. The molecule has 0 aliphatic heterocycles. The van der Waals surface area contributed by atoms with Crippen LogP contribution in [-0.4, -0.2) is 10.2 Å². The van der Waals surface area contributed by atoms with Crippen LogP contribution in [0.5, 0.6) is 0 Å². The van der Waals surface area contributed by atoms with E-state index in [1.807, 2.05) is 0 Å². The first-order valence-corrected chi connectivity index (χ1v) is 5.57. The highest BCUT2D eigenvalue weighted by Gasteiger charge is 2.16. The average Bonchev–Trinajstić information content (AvgIpc) is 2.12. The van der Waals surface area contributed by atoms with Crippen molar-refractivity contribution in [1.82, 2.24) is 10.2 Å². The number of hydrogen-bond acceptors (Lipinski definition) is 2. The molecular weight excluding hydrogens is 284 g/mol. The van der Waals surface area contributed by atoms with Crippen LogP contribution >= 0.6 is 31.9 Å². The van der Waals surface area contributed by atoms with Gasteiger partial charge >= 0.3 is 0 Å². The summed E-state index contributed by atoms with van der Waals surface area (Å²) in [6.07, 6.45) is 4.79. The molecule has 12 heavy (non-hydrogen) atoms. The largest absolute Gasteiger partial charge is 0.142 e. The molecule has 0 bridgehead atoms. The van der Waals surface area contributed by atoms with Crippen LogP contribution in [0.3, 0.4) is 0 Å². The molecule has 2 rings (SSSR count). The molecule has 0 amide bonds. The van der Waals surface area contributed by atoms with Crippen LogP contribution in [0.2, 0.25) is 0 Å². The van der Waals surface area contributed by atoms with Crippen molar-refractivity contribution in [3.05, 3.63) is 20.3 Å². The van der Waals surface area contributed by atoms with Gasteiger partial charge in [0.25, 0.3) is 0 Å². The zero-order valence-electron chi connectivity index (χ0n) is 6.48. The van der Waals surface area contributed by atoms with Crippen molar-refractivity contribution < 1.29 is 0 Å². The molecule has 1 aromatic heterocycles. The van der Waals surface area contributed by atoms with Crippen molar-refractivity contribution in [3.63, 3.8) is 0 Å². The topological polar surface area (TPSA) is 25.8 Å². The third-order valence-electron chi connectivity index (χ3n) is 2.19. The SMILES string of the molecule is Brc1nnc(Br)c2c1CCCC2. The summed E-state index contributed by atoms with van der Waals surface area (Å²) in [5.41, 5.74) is 2.67. The number of nitrogens with zero attached hydrogens (tertiary/aromatic N) is 2. The third-order valence-corrected chi connectivity index (χ3v) is 3.47. The van der Waals surface area contributed by atoms with Crippen molar-refractivity contribution >= 4 is 31.9 Å². The lowest BCUT2D eigenvalue weighted by atomic mass is 9.95. The Balaban J connectivity index is 2.57. The number of hydrogen-bond donors (Lipinski definition) is 0. The van der Waals surface area contributed by atoms with Crippen LogP contribution in [0.1, 0.15) is 24.0 Å². The van der Waals surface area contributed by atoms with E-state index in [1.165, 1.54) is 24.0 Å². The quantitative estimate of drug-likeness (QED) is 0.734. The monoisotopic (exact) mass is 290 g/mol. The van der Waals surface area contributed by atoms with E-state index in [2.05, 4.69) is 42.1 Å². The minimum Gasteiger partial charge on any atom is -0.142 e. The molecule has 0 saturated carbocycles. The lowest BCUT2D eigenvalue weighted by molar-refractivity contribution is 0.664. The Bertz CT molecular complexity index is 281. The van der Waals surface area contributed by atoms with Gasteiger partial charge < -0.3 is 0 Å². The molecule has 1 aromatic rings. The second-order valence-corrected chi connectivity index (χ2v) is 4.45. The Labute approximate surface area is 88.0 Å². The van der Waals surface area contributed by atoms with E-state index in [4.69, 9.17) is 0 Å². The van der Waals surface area contributed by atoms with Crippen LogP contribution in [0.4, 0.5) is 0 Å². The van der Waals surface area contributed by atoms with Crippen LogP contribution in [-0.2, 0) is 12.8 Å². The van der Waals surface area contributed by atoms with Gasteiger partial charge in [-0.25, -0.2) is 0 Å². The maximum absolute atomic E-state index is 4.01. The van der Waals surface area contributed by atoms with E-state index in [1.54, 1.807) is 0 Å². The zero-order valence-corrected chi connectivity index (χ0v) is 9.65. The molecule has 0 radical (unpaired) electrons. The number of fused-ring (bicyclic) bond motifs is 1. The van der Waals surface area contributed by atoms with Gasteiger partial charge in [0.1, 0.15) is 9.21 Å². The molecule has 0 atom stereocenters. The Morgan fingerprint density at radius 2 is 1.25 bits per heavy atom. The van der Waals surface area contributed by atoms with Gasteiger partial charge in [0, 0.05) is 0 Å². The lowest BCUT2D eigenvalue weighted by Crippen LogP contribution is -2.07. The second kappa shape index (κ2) is 3.42. The van der Waals surface area contributed by atoms with Crippen molar-refractivity contribution in [3.8, 4) is 0 Å². The van der Waals surface area contributed by atoms with Crippen molar-refractivity contribution in [2.75, 3.05) is 0 Å². The highest BCUT2D eigenvalue weighted by molar-refractivity contribution is 9.10. The van der Waals surface area contributed by atoms with Gasteiger partial charge in [-0.15, -0.1) is 10.2 Å². The molecule has 0 saturated heterocycles. The number of halogens is 2. The van der Waals surface area contributed by atoms with E-state index >= 15 is 0 Å². The van der Waals surface area contributed by atoms with Crippen LogP contribution in [0.15, 0.2) is 9.21 Å². The smallest absolute Gasteiger partial charge is 0.132 e. The molecule has 0 aromatic carbocycles. The van der Waals surface area contributed by atoms with E-state index < -0.39 is 0 Å². The molecule has 0 fully saturated rings. The van der Waals surface area contributed by atoms with Gasteiger partial charge in [0.05, 0.1) is 0 Å². The van der Waals surface area contributed by atoms with Crippen molar-refractivity contribution in [2.45, 2.75) is 25.7 Å². The third kappa shape index (κ3) is 1.42. The molecule has 0 N–H and O–H groups in total. The first-order chi connectivity index (χ1) is 5.79. The standard InChI is InChI=1S/C8H8Br2N2/c9-7-5-3-1-2-4-6(5)8(10)12-11-7/h1-4H2. The number of rotatable bonds is 0. The molecular formula is C8H8Br2N2. The van der Waals surface area contributed by atoms with E-state index in [9.17, 15) is 0 Å². The second-order valence-electron chi connectivity index (χ2n) is 2.95. The molecule has 1 aliphatic rings. The number of aromatic nitrogens is 2. The highest BCUT2D eigenvalue weighted by Crippen LogP contribution is 2.29. The predicted molar refractivity (Wildman–Crippen MR) is 54.1 cm³/mol. The molecule has 64 valence electrons. The van der Waals surface area contributed by atoms with Crippen LogP contribution < -0.4 is 0 Å². The molecule has 0 spiro atoms. The summed E-state index contributed by atoms with van der Waals surface area (Å²) in [4.78, 5) is 0. The van der Waals surface area contributed by atoms with E-state index in [0.717, 1.165) is 22.0 Å². The summed E-state index contributed by atoms with van der Waals surface area (Å²) in [6, 6.07) is 0. The van der Waals surface area contributed by atoms with E-state index in [-0.39, 0.29) is 0 Å². The summed E-state index contributed by atoms with van der Waals surface area (Å²) in [5.74, 6) is 0. The van der Waals surface area contributed by atoms with Crippen LogP contribution in [0, 0.1) is 0 Å². The Morgan fingerprint density at radius 1 is 0.833 bits per heavy atom. The van der Waals surface area contributed by atoms with Gasteiger partial charge in [-0.2, -0.15) is 0 Å². The minimum absolute atomic E-state index is 0.917. The van der Waals surface area contributed by atoms with Gasteiger partial charge in [-0.3, -0.25) is 0 Å². The maximum Gasteiger partial charge on any atom is 0.132 e. The Kier molecular flexibility index (Phi) is 2.46. The summed E-state index contributed by atoms with van der Waals surface area (Å²) >= 11 is 6.84. The summed E-state index contributed by atoms with van der Waals surface area (Å²) < 4.78 is 1.83. The summed E-state index contributed by atoms with van der Waals surface area (Å²) in [6.45, 7) is 0. The normalized spacial score (nSPS) is 15.8. The van der Waals surface area contributed by atoms with Crippen LogP contribution in [0.25, 0.3) is 0 Å². The molecule has 1 heterocycles. The van der Waals surface area contributed by atoms with Crippen molar-refractivity contribution in [2.24, 2.45) is 0 Å². The van der Waals surface area contributed by atoms with Gasteiger partial charge in [-0.1, -0.05) is 0 Å². The maximum atomic E-state index is 4.01. The first-order valence-electron chi connectivity index (χ1n) is 3.98. The fourth-order valence-electron chi connectivity index (χ4n) is 1.57. The van der Waals surface area contributed by atoms with Gasteiger partial charge in [0.2, 0.25) is 0 Å². The summed E-state index contributed by atoms with van der Waals surface area (Å²) in [7, 11) is 0. The Morgan fingerprint density at radius 3 is 1.67 bits per heavy atom. The first kappa shape index (κ1) is 8.63. The Hall–Kier alpha value is 0.0400. The molecule has 2 nitrogen and oxygen atoms in total. The predicted octanol–water partition coefficient (Wildman–Crippen LogP) is 2.88. The molecule has 1 aliphatic carbocycles. The fourth-order valence-corrected chi connectivity index (χ4v) is 2.60. The summed E-state index contributed by atoms with van der Waals surface area (Å²) in [5, 5.41) is 8.02. The van der Waals surface area contributed by atoms with Gasteiger partial charge in [-0.05, 0) is 68.7 Å². The zero-order chi connectivity index (χ0) is 8.55. The fraction of sp³-hybridized carbons (Fsp3) is 0.500. The highest BCUT2D eigenvalue weighted by atomic mass is 79.9. The molecule has 4 heteroatoms. The lowest BCUT2D eigenvalue weighted by Gasteiger charge is -2.16.